The third-order valence-electron chi connectivity index (χ3n) is 4.06. The predicted molar refractivity (Wildman–Crippen MR) is 85.3 cm³/mol. The Labute approximate surface area is 114 Å². The third kappa shape index (κ3) is 3.51. The normalized spacial score (nSPS) is 18.6. The fraction of sp³-hybridized carbons (Fsp3) is 1.00. The number of rotatable bonds is 2. The molecule has 0 heterocycles. The van der Waals surface area contributed by atoms with E-state index in [9.17, 15) is 9.13 Å². The van der Waals surface area contributed by atoms with Gasteiger partial charge in [-0.1, -0.05) is 62.3 Å². The van der Waals surface area contributed by atoms with E-state index in [1.165, 1.54) is 0 Å². The highest BCUT2D eigenvalue weighted by atomic mass is 31.2. The molecule has 18 heavy (non-hydrogen) atoms. The van der Waals surface area contributed by atoms with E-state index in [2.05, 4.69) is 0 Å². The number of hydrogen-bond donors (Lipinski definition) is 0. The van der Waals surface area contributed by atoms with Crippen LogP contribution in [0.15, 0.2) is 0 Å². The molecular weight excluding hydrogens is 262 g/mol. The molecule has 0 saturated heterocycles. The average molecular weight is 294 g/mol. The molecule has 0 aromatic rings. The molecular formula is C14H32O2P2. The Bertz CT molecular complexity index is 371. The minimum Gasteiger partial charge on any atom is -0.323 e. The van der Waals surface area contributed by atoms with E-state index < -0.39 is 14.3 Å². The van der Waals surface area contributed by atoms with Crippen LogP contribution in [-0.2, 0) is 9.13 Å². The summed E-state index contributed by atoms with van der Waals surface area (Å²) in [5.41, 5.74) is 0. The number of hydrogen-bond acceptors (Lipinski definition) is 2. The quantitative estimate of drug-likeness (QED) is 0.612. The molecule has 1 unspecified atom stereocenters. The molecule has 0 radical (unpaired) electrons. The molecule has 0 N–H and O–H groups in total. The van der Waals surface area contributed by atoms with Gasteiger partial charge in [-0.2, -0.15) is 0 Å². The van der Waals surface area contributed by atoms with Crippen molar-refractivity contribution in [3.8, 4) is 0 Å². The summed E-state index contributed by atoms with van der Waals surface area (Å²) in [5, 5.41) is -0.885. The molecule has 4 heteroatoms. The van der Waals surface area contributed by atoms with Gasteiger partial charge < -0.3 is 9.13 Å². The highest BCUT2D eigenvalue weighted by molar-refractivity contribution is 7.82. The van der Waals surface area contributed by atoms with Crippen LogP contribution in [0.5, 0.6) is 0 Å². The summed E-state index contributed by atoms with van der Waals surface area (Å²) in [6.45, 7) is 19.9. The lowest BCUT2D eigenvalue weighted by atomic mass is 10.2. The summed E-state index contributed by atoms with van der Waals surface area (Å²) < 4.78 is 26.5. The van der Waals surface area contributed by atoms with Gasteiger partial charge in [-0.25, -0.2) is 0 Å². The molecule has 0 aliphatic rings. The van der Waals surface area contributed by atoms with Crippen molar-refractivity contribution in [2.75, 3.05) is 12.6 Å². The van der Waals surface area contributed by atoms with Gasteiger partial charge in [-0.15, -0.1) is 0 Å². The third-order valence-corrected chi connectivity index (χ3v) is 15.0. The van der Waals surface area contributed by atoms with Crippen LogP contribution in [0.25, 0.3) is 0 Å². The summed E-state index contributed by atoms with van der Waals surface area (Å²) in [7, 11) is -5.02. The van der Waals surface area contributed by atoms with Crippen molar-refractivity contribution in [2.45, 2.75) is 77.8 Å². The predicted octanol–water partition coefficient (Wildman–Crippen LogP) is 5.70. The van der Waals surface area contributed by atoms with E-state index in [1.807, 2.05) is 69.0 Å². The van der Waals surface area contributed by atoms with Gasteiger partial charge in [0.15, 0.2) is 0 Å². The topological polar surface area (TPSA) is 34.1 Å². The zero-order valence-electron chi connectivity index (χ0n) is 13.9. The minimum atomic E-state index is -2.57. The van der Waals surface area contributed by atoms with Crippen LogP contribution >= 0.6 is 14.3 Å². The van der Waals surface area contributed by atoms with Crippen molar-refractivity contribution in [3.63, 3.8) is 0 Å². The second kappa shape index (κ2) is 4.78. The van der Waals surface area contributed by atoms with Gasteiger partial charge in [0.1, 0.15) is 7.14 Å². The molecule has 110 valence electrons. The molecule has 0 aliphatic heterocycles. The summed E-state index contributed by atoms with van der Waals surface area (Å²) in [6, 6.07) is 0. The molecule has 0 rings (SSSR count). The maximum Gasteiger partial charge on any atom is 0.105 e. The zero-order chi connectivity index (χ0) is 15.2. The summed E-state index contributed by atoms with van der Waals surface area (Å²) in [5.74, 6) is 0.372. The summed E-state index contributed by atoms with van der Waals surface area (Å²) >= 11 is 0. The highest BCUT2D eigenvalue weighted by Crippen LogP contribution is 2.75. The van der Waals surface area contributed by atoms with Gasteiger partial charge in [0, 0.05) is 15.5 Å². The van der Waals surface area contributed by atoms with E-state index in [4.69, 9.17) is 0 Å². The standard InChI is InChI=1S/C14H32O2P2/c1-12(2,3)17(10,15)11-18(16,13(4,5)6)14(7,8)9/h11H2,1-10H3. The van der Waals surface area contributed by atoms with E-state index in [0.717, 1.165) is 0 Å². The van der Waals surface area contributed by atoms with Crippen molar-refractivity contribution in [2.24, 2.45) is 0 Å². The monoisotopic (exact) mass is 294 g/mol. The van der Waals surface area contributed by atoms with Crippen LogP contribution in [0, 0.1) is 0 Å². The van der Waals surface area contributed by atoms with E-state index in [0.29, 0.717) is 5.90 Å². The molecule has 2 nitrogen and oxygen atoms in total. The Morgan fingerprint density at radius 3 is 1.11 bits per heavy atom. The molecule has 0 aromatic carbocycles. The van der Waals surface area contributed by atoms with Crippen LogP contribution in [0.4, 0.5) is 0 Å². The van der Waals surface area contributed by atoms with Gasteiger partial charge in [0.2, 0.25) is 0 Å². The first kappa shape index (κ1) is 18.5. The maximum absolute atomic E-state index is 13.5. The molecule has 0 amide bonds. The summed E-state index contributed by atoms with van der Waals surface area (Å²) in [6.07, 6.45) is 0. The van der Waals surface area contributed by atoms with Crippen molar-refractivity contribution in [3.05, 3.63) is 0 Å². The highest BCUT2D eigenvalue weighted by Gasteiger charge is 2.50. The molecule has 0 saturated carbocycles. The second-order valence-electron chi connectivity index (χ2n) is 8.49. The van der Waals surface area contributed by atoms with E-state index >= 15 is 0 Å². The Balaban J connectivity index is 5.75. The Hall–Kier alpha value is 0.460. The van der Waals surface area contributed by atoms with Crippen molar-refractivity contribution in [1.82, 2.24) is 0 Å². The minimum absolute atomic E-state index is 0.279. The average Bonchev–Trinajstić information content (AvgIpc) is 1.95. The smallest absolute Gasteiger partial charge is 0.105 e. The van der Waals surface area contributed by atoms with Gasteiger partial charge in [0.25, 0.3) is 0 Å². The van der Waals surface area contributed by atoms with Gasteiger partial charge >= 0.3 is 0 Å². The fourth-order valence-corrected chi connectivity index (χ4v) is 12.2. The van der Waals surface area contributed by atoms with Crippen LogP contribution < -0.4 is 0 Å². The van der Waals surface area contributed by atoms with Crippen LogP contribution in [0.3, 0.4) is 0 Å². The Morgan fingerprint density at radius 2 is 0.944 bits per heavy atom. The molecule has 0 fully saturated rings. The molecule has 0 aromatic heterocycles. The SMILES string of the molecule is CC(C)(C)P(C)(=O)CP(=O)(C(C)(C)C)C(C)(C)C. The summed E-state index contributed by atoms with van der Waals surface area (Å²) in [4.78, 5) is 0. The molecule has 0 spiro atoms. The van der Waals surface area contributed by atoms with Crippen molar-refractivity contribution in [1.29, 1.82) is 0 Å². The Morgan fingerprint density at radius 1 is 0.667 bits per heavy atom. The molecule has 0 aliphatic carbocycles. The van der Waals surface area contributed by atoms with Crippen molar-refractivity contribution < 1.29 is 9.13 Å². The maximum atomic E-state index is 13.5. The Kier molecular flexibility index (Phi) is 4.90. The van der Waals surface area contributed by atoms with Gasteiger partial charge in [-0.3, -0.25) is 0 Å². The lowest BCUT2D eigenvalue weighted by Gasteiger charge is -2.44. The lowest BCUT2D eigenvalue weighted by Crippen LogP contribution is -2.32. The first-order valence-corrected chi connectivity index (χ1v) is 10.8. The largest absolute Gasteiger partial charge is 0.323 e. The van der Waals surface area contributed by atoms with E-state index in [1.54, 1.807) is 0 Å². The first-order chi connectivity index (χ1) is 7.46. The van der Waals surface area contributed by atoms with Crippen LogP contribution in [-0.4, -0.2) is 28.0 Å². The fourth-order valence-electron chi connectivity index (χ4n) is 2.02. The first-order valence-electron chi connectivity index (χ1n) is 6.62. The molecule has 0 bridgehead atoms. The zero-order valence-corrected chi connectivity index (χ0v) is 15.7. The van der Waals surface area contributed by atoms with Crippen molar-refractivity contribution >= 4 is 14.3 Å². The van der Waals surface area contributed by atoms with Gasteiger partial charge in [-0.05, 0) is 6.66 Å². The van der Waals surface area contributed by atoms with Gasteiger partial charge in [0.05, 0.1) is 13.0 Å². The lowest BCUT2D eigenvalue weighted by molar-refractivity contribution is 0.517. The van der Waals surface area contributed by atoms with E-state index in [-0.39, 0.29) is 15.5 Å². The molecule has 1 atom stereocenters. The van der Waals surface area contributed by atoms with Crippen LogP contribution in [0.1, 0.15) is 62.3 Å². The van der Waals surface area contributed by atoms with Crippen LogP contribution in [0.2, 0.25) is 0 Å². The second-order valence-corrected chi connectivity index (χ2v) is 17.3.